The van der Waals surface area contributed by atoms with Gasteiger partial charge < -0.3 is 10.2 Å². The lowest BCUT2D eigenvalue weighted by atomic mass is 10.2. The first-order valence-corrected chi connectivity index (χ1v) is 6.37. The zero-order valence-corrected chi connectivity index (χ0v) is 11.5. The molecule has 0 bridgehead atoms. The average molecular weight is 258 g/mol. The van der Waals surface area contributed by atoms with E-state index >= 15 is 0 Å². The van der Waals surface area contributed by atoms with E-state index < -0.39 is 0 Å². The Balaban J connectivity index is 2.47. The van der Waals surface area contributed by atoms with Crippen molar-refractivity contribution in [3.05, 3.63) is 24.5 Å². The molecule has 6 heteroatoms. The average Bonchev–Trinajstić information content (AvgIpc) is 2.49. The molecule has 0 aromatic carbocycles. The molecule has 0 spiro atoms. The Bertz CT molecular complexity index is 524. The van der Waals surface area contributed by atoms with Crippen molar-refractivity contribution in [2.45, 2.75) is 13.8 Å². The van der Waals surface area contributed by atoms with Crippen molar-refractivity contribution in [2.75, 3.05) is 30.4 Å². The topological polar surface area (TPSA) is 66.8 Å². The molecule has 0 saturated carbocycles. The lowest BCUT2D eigenvalue weighted by molar-refractivity contribution is 0.815. The molecule has 2 aromatic heterocycles. The first-order valence-electron chi connectivity index (χ1n) is 6.37. The molecule has 0 amide bonds. The molecule has 0 atom stereocenters. The van der Waals surface area contributed by atoms with Gasteiger partial charge in [-0.1, -0.05) is 0 Å². The fraction of sp³-hybridized carbons (Fsp3) is 0.385. The number of nitrogens with zero attached hydrogens (tertiary/aromatic N) is 5. The van der Waals surface area contributed by atoms with Crippen LogP contribution in [0.5, 0.6) is 0 Å². The number of pyridine rings is 1. The van der Waals surface area contributed by atoms with Crippen LogP contribution in [0, 0.1) is 0 Å². The summed E-state index contributed by atoms with van der Waals surface area (Å²) < 4.78 is 0. The SMILES string of the molecule is CCN(CC)c1nc(NC)nc(-c2ccncc2)n1. The number of rotatable bonds is 5. The summed E-state index contributed by atoms with van der Waals surface area (Å²) in [5.41, 5.74) is 0.933. The molecular formula is C13H18N6. The van der Waals surface area contributed by atoms with Gasteiger partial charge in [0.15, 0.2) is 5.82 Å². The Kier molecular flexibility index (Phi) is 4.22. The molecule has 1 N–H and O–H groups in total. The third-order valence-electron chi connectivity index (χ3n) is 2.83. The Hall–Kier alpha value is -2.24. The third kappa shape index (κ3) is 2.96. The van der Waals surface area contributed by atoms with Gasteiger partial charge in [0.05, 0.1) is 0 Å². The van der Waals surface area contributed by atoms with E-state index in [1.807, 2.05) is 12.1 Å². The van der Waals surface area contributed by atoms with E-state index in [1.54, 1.807) is 19.4 Å². The van der Waals surface area contributed by atoms with Gasteiger partial charge in [0.1, 0.15) is 0 Å². The van der Waals surface area contributed by atoms with E-state index in [1.165, 1.54) is 0 Å². The van der Waals surface area contributed by atoms with Gasteiger partial charge in [-0.2, -0.15) is 15.0 Å². The number of aromatic nitrogens is 4. The van der Waals surface area contributed by atoms with Gasteiger partial charge in [0.25, 0.3) is 0 Å². The molecule has 0 saturated heterocycles. The minimum Gasteiger partial charge on any atom is -0.357 e. The fourth-order valence-electron chi connectivity index (χ4n) is 1.75. The van der Waals surface area contributed by atoms with Crippen molar-refractivity contribution in [1.29, 1.82) is 0 Å². The summed E-state index contributed by atoms with van der Waals surface area (Å²) in [6.07, 6.45) is 3.46. The zero-order chi connectivity index (χ0) is 13.7. The second-order valence-electron chi connectivity index (χ2n) is 3.94. The highest BCUT2D eigenvalue weighted by molar-refractivity contribution is 5.57. The Morgan fingerprint density at radius 2 is 1.74 bits per heavy atom. The summed E-state index contributed by atoms with van der Waals surface area (Å²) in [6.45, 7) is 5.88. The lowest BCUT2D eigenvalue weighted by Gasteiger charge is -2.19. The highest BCUT2D eigenvalue weighted by atomic mass is 15.3. The van der Waals surface area contributed by atoms with Crippen molar-refractivity contribution in [3.63, 3.8) is 0 Å². The molecule has 0 aliphatic rings. The van der Waals surface area contributed by atoms with Crippen molar-refractivity contribution < 1.29 is 0 Å². The van der Waals surface area contributed by atoms with Gasteiger partial charge in [-0.25, -0.2) is 0 Å². The molecule has 19 heavy (non-hydrogen) atoms. The Morgan fingerprint density at radius 1 is 1.05 bits per heavy atom. The summed E-state index contributed by atoms with van der Waals surface area (Å²) in [6, 6.07) is 3.78. The quantitative estimate of drug-likeness (QED) is 0.882. The van der Waals surface area contributed by atoms with Crippen LogP contribution in [0.3, 0.4) is 0 Å². The van der Waals surface area contributed by atoms with Crippen LogP contribution < -0.4 is 10.2 Å². The molecule has 2 rings (SSSR count). The summed E-state index contributed by atoms with van der Waals surface area (Å²) in [5.74, 6) is 1.92. The number of hydrogen-bond donors (Lipinski definition) is 1. The predicted molar refractivity (Wildman–Crippen MR) is 76.2 cm³/mol. The maximum atomic E-state index is 4.53. The second-order valence-corrected chi connectivity index (χ2v) is 3.94. The van der Waals surface area contributed by atoms with Crippen LogP contribution in [0.2, 0.25) is 0 Å². The third-order valence-corrected chi connectivity index (χ3v) is 2.83. The van der Waals surface area contributed by atoms with Crippen LogP contribution in [0.25, 0.3) is 11.4 Å². The number of anilines is 2. The Morgan fingerprint density at radius 3 is 2.32 bits per heavy atom. The largest absolute Gasteiger partial charge is 0.357 e. The van der Waals surface area contributed by atoms with Crippen LogP contribution >= 0.6 is 0 Å². The lowest BCUT2D eigenvalue weighted by Crippen LogP contribution is -2.25. The molecule has 0 radical (unpaired) electrons. The van der Waals surface area contributed by atoms with Crippen molar-refractivity contribution in [1.82, 2.24) is 19.9 Å². The Labute approximate surface area is 113 Å². The maximum Gasteiger partial charge on any atom is 0.230 e. The van der Waals surface area contributed by atoms with Crippen molar-refractivity contribution in [2.24, 2.45) is 0 Å². The van der Waals surface area contributed by atoms with Crippen molar-refractivity contribution in [3.8, 4) is 11.4 Å². The second kappa shape index (κ2) is 6.08. The standard InChI is InChI=1S/C13H18N6/c1-4-19(5-2)13-17-11(16-12(14-3)18-13)10-6-8-15-9-7-10/h6-9H,4-5H2,1-3H3,(H,14,16,17,18). The number of hydrogen-bond acceptors (Lipinski definition) is 6. The molecule has 100 valence electrons. The minimum atomic E-state index is 0.573. The van der Waals surface area contributed by atoms with Gasteiger partial charge in [0.2, 0.25) is 11.9 Å². The molecule has 0 aliphatic heterocycles. The predicted octanol–water partition coefficient (Wildman–Crippen LogP) is 1.82. The highest BCUT2D eigenvalue weighted by Gasteiger charge is 2.11. The van der Waals surface area contributed by atoms with Gasteiger partial charge in [0, 0.05) is 38.1 Å². The first kappa shape index (κ1) is 13.2. The number of nitrogens with one attached hydrogen (secondary N) is 1. The van der Waals surface area contributed by atoms with Gasteiger partial charge in [-0.3, -0.25) is 4.98 Å². The van der Waals surface area contributed by atoms with Crippen LogP contribution in [0.1, 0.15) is 13.8 Å². The monoisotopic (exact) mass is 258 g/mol. The summed E-state index contributed by atoms with van der Waals surface area (Å²) >= 11 is 0. The summed E-state index contributed by atoms with van der Waals surface area (Å²) in [5, 5.41) is 2.98. The van der Waals surface area contributed by atoms with Crippen LogP contribution in [0.4, 0.5) is 11.9 Å². The molecule has 6 nitrogen and oxygen atoms in total. The highest BCUT2D eigenvalue weighted by Crippen LogP contribution is 2.18. The summed E-state index contributed by atoms with van der Waals surface area (Å²) in [7, 11) is 1.80. The molecular weight excluding hydrogens is 240 g/mol. The van der Waals surface area contributed by atoms with E-state index in [9.17, 15) is 0 Å². The van der Waals surface area contributed by atoms with E-state index in [-0.39, 0.29) is 0 Å². The normalized spacial score (nSPS) is 10.3. The zero-order valence-electron chi connectivity index (χ0n) is 11.5. The van der Waals surface area contributed by atoms with Gasteiger partial charge in [-0.05, 0) is 26.0 Å². The summed E-state index contributed by atoms with van der Waals surface area (Å²) in [4.78, 5) is 19.4. The van der Waals surface area contributed by atoms with Crippen LogP contribution in [-0.4, -0.2) is 40.1 Å². The maximum absolute atomic E-state index is 4.53. The molecule has 0 fully saturated rings. The van der Waals surface area contributed by atoms with E-state index in [4.69, 9.17) is 0 Å². The van der Waals surface area contributed by atoms with Crippen LogP contribution in [0.15, 0.2) is 24.5 Å². The smallest absolute Gasteiger partial charge is 0.230 e. The van der Waals surface area contributed by atoms with Gasteiger partial charge >= 0.3 is 0 Å². The fourth-order valence-corrected chi connectivity index (χ4v) is 1.75. The van der Waals surface area contributed by atoms with E-state index in [0.29, 0.717) is 17.7 Å². The molecule has 2 aromatic rings. The van der Waals surface area contributed by atoms with E-state index in [2.05, 4.69) is 44.0 Å². The molecule has 0 unspecified atom stereocenters. The molecule has 2 heterocycles. The molecule has 0 aliphatic carbocycles. The van der Waals surface area contributed by atoms with E-state index in [0.717, 1.165) is 18.7 Å². The van der Waals surface area contributed by atoms with Crippen LogP contribution in [-0.2, 0) is 0 Å². The van der Waals surface area contributed by atoms with Gasteiger partial charge in [-0.15, -0.1) is 0 Å². The van der Waals surface area contributed by atoms with Crippen molar-refractivity contribution >= 4 is 11.9 Å². The minimum absolute atomic E-state index is 0.573. The first-order chi connectivity index (χ1) is 9.28.